The zero-order valence-electron chi connectivity index (χ0n) is 32.7. The van der Waals surface area contributed by atoms with Gasteiger partial charge in [0.1, 0.15) is 11.3 Å². The zero-order valence-corrected chi connectivity index (χ0v) is 35.0. The Morgan fingerprint density at radius 3 is 1.88 bits per heavy atom. The molecule has 1 aromatic heterocycles. The Morgan fingerprint density at radius 2 is 1.34 bits per heavy atom. The fourth-order valence-corrected chi connectivity index (χ4v) is 7.14. The fraction of sp³-hybridized carbons (Fsp3) is 0.500. The summed E-state index contributed by atoms with van der Waals surface area (Å²) in [6, 6.07) is 22.7. The number of aromatic hydroxyl groups is 1. The molecule has 0 saturated carbocycles. The minimum atomic E-state index is -0.0870. The van der Waals surface area contributed by atoms with E-state index in [1.807, 2.05) is 18.2 Å². The van der Waals surface area contributed by atoms with Crippen molar-refractivity contribution in [1.29, 1.82) is 0 Å². The van der Waals surface area contributed by atoms with Gasteiger partial charge in [0.15, 0.2) is 0 Å². The van der Waals surface area contributed by atoms with Crippen LogP contribution in [-0.2, 0) is 37.3 Å². The van der Waals surface area contributed by atoms with Crippen molar-refractivity contribution in [1.82, 2.24) is 4.98 Å². The number of rotatable bonds is 7. The Bertz CT molecular complexity index is 1830. The number of aromatic nitrogens is 1. The molecule has 0 radical (unpaired) electrons. The first-order valence-corrected chi connectivity index (χ1v) is 18.0. The minimum Gasteiger partial charge on any atom is -0.506 e. The van der Waals surface area contributed by atoms with Crippen LogP contribution < -0.4 is 9.64 Å². The summed E-state index contributed by atoms with van der Waals surface area (Å²) < 4.78 is 6.39. The van der Waals surface area contributed by atoms with E-state index in [4.69, 9.17) is 14.7 Å². The van der Waals surface area contributed by atoms with Crippen LogP contribution in [0.5, 0.6) is 17.4 Å². The van der Waals surface area contributed by atoms with Gasteiger partial charge in [0, 0.05) is 50.5 Å². The van der Waals surface area contributed by atoms with Gasteiger partial charge in [0.05, 0.1) is 11.9 Å². The smallest absolute Gasteiger partial charge is 0.217 e. The number of aliphatic imine (C=N–C) groups is 1. The number of phenols is 1. The summed E-state index contributed by atoms with van der Waals surface area (Å²) in [4.78, 5) is 12.7. The summed E-state index contributed by atoms with van der Waals surface area (Å²) in [7, 11) is 0. The first-order valence-electron chi connectivity index (χ1n) is 18.0. The molecule has 1 N–H and O–H groups in total. The van der Waals surface area contributed by atoms with Crippen LogP contribution >= 0.6 is 0 Å². The number of anilines is 1. The predicted molar refractivity (Wildman–Crippen MR) is 207 cm³/mol. The number of aryl methyl sites for hydroxylation is 1. The summed E-state index contributed by atoms with van der Waals surface area (Å²) in [5.74, 6) is 3.49. The standard InChI is InChI=1S/C44H58N3O2.Pt/c1-26(2)39(27(3)4)36-25-47(34-22-32(43(9,10)11)21-33(23-34)44(12,13)14)41(45-36)30-17-28(5)18-35(20-30)49-38-16-15-29-19-31(42(6,7)8)24-37(48)40(29)46-38;/h15-19,21-24,26-27,36,39,48H,25H2,1-14H3;/q-1;/t36-;/m1./s1. The van der Waals surface area contributed by atoms with Crippen LogP contribution in [0.2, 0.25) is 0 Å². The molecule has 0 spiro atoms. The Balaban J connectivity index is 0.00000562. The quantitative estimate of drug-likeness (QED) is 0.188. The molecule has 0 fully saturated rings. The van der Waals surface area contributed by atoms with E-state index in [0.29, 0.717) is 34.9 Å². The minimum absolute atomic E-state index is 0. The van der Waals surface area contributed by atoms with Gasteiger partial charge in [-0.2, -0.15) is 0 Å². The summed E-state index contributed by atoms with van der Waals surface area (Å²) >= 11 is 0. The molecule has 4 aromatic rings. The molecule has 0 saturated heterocycles. The van der Waals surface area contributed by atoms with E-state index in [1.165, 1.54) is 16.8 Å². The van der Waals surface area contributed by atoms with Gasteiger partial charge in [-0.05, 0) is 81.0 Å². The van der Waals surface area contributed by atoms with Crippen molar-refractivity contribution in [3.63, 3.8) is 0 Å². The second kappa shape index (κ2) is 14.5. The Kier molecular flexibility index (Phi) is 11.4. The van der Waals surface area contributed by atoms with E-state index in [9.17, 15) is 5.11 Å². The summed E-state index contributed by atoms with van der Waals surface area (Å²) in [5.41, 5.74) is 7.25. The molecular weight excluding hydrogens is 798 g/mol. The van der Waals surface area contributed by atoms with Gasteiger partial charge < -0.3 is 19.7 Å². The first-order chi connectivity index (χ1) is 22.6. The molecule has 0 amide bonds. The number of hydrogen-bond acceptors (Lipinski definition) is 5. The SMILES string of the molecule is Cc1cc(Oc2ccc3cc(C(C)(C)C)cc(O)c3n2)[c-]c(C2=N[C@@H](C(C(C)C)C(C)C)CN2c2cc(C(C)(C)C)cc(C(C)(C)C)c2)c1.[Pt]. The Labute approximate surface area is 316 Å². The second-order valence-electron chi connectivity index (χ2n) is 18.0. The van der Waals surface area contributed by atoms with Crippen LogP contribution in [0.3, 0.4) is 0 Å². The van der Waals surface area contributed by atoms with Gasteiger partial charge in [0.2, 0.25) is 5.88 Å². The molecule has 1 aliphatic heterocycles. The Hall–Kier alpha value is -3.17. The first kappa shape index (κ1) is 39.6. The third-order valence-electron chi connectivity index (χ3n) is 9.92. The molecule has 5 nitrogen and oxygen atoms in total. The molecule has 0 bridgehead atoms. The van der Waals surface area contributed by atoms with Crippen molar-refractivity contribution in [3.05, 3.63) is 88.5 Å². The van der Waals surface area contributed by atoms with Crippen molar-refractivity contribution in [3.8, 4) is 17.4 Å². The van der Waals surface area contributed by atoms with Crippen LogP contribution in [0.25, 0.3) is 10.9 Å². The summed E-state index contributed by atoms with van der Waals surface area (Å²) in [6.45, 7) is 32.3. The molecular formula is C44H58N3O2Pt-. The van der Waals surface area contributed by atoms with E-state index in [0.717, 1.165) is 34.5 Å². The largest absolute Gasteiger partial charge is 0.506 e. The van der Waals surface area contributed by atoms with Gasteiger partial charge in [-0.15, -0.1) is 17.2 Å². The molecule has 6 heteroatoms. The van der Waals surface area contributed by atoms with Crippen LogP contribution in [0.15, 0.2) is 59.6 Å². The monoisotopic (exact) mass is 855 g/mol. The van der Waals surface area contributed by atoms with Gasteiger partial charge in [0.25, 0.3) is 0 Å². The average Bonchev–Trinajstić information content (AvgIpc) is 3.40. The maximum atomic E-state index is 10.9. The normalized spacial score (nSPS) is 15.7. The van der Waals surface area contributed by atoms with Crippen molar-refractivity contribution in [2.75, 3.05) is 11.4 Å². The number of ether oxygens (including phenoxy) is 1. The number of fused-ring (bicyclic) bond motifs is 1. The number of hydrogen-bond donors (Lipinski definition) is 1. The van der Waals surface area contributed by atoms with Gasteiger partial charge in [-0.1, -0.05) is 115 Å². The van der Waals surface area contributed by atoms with E-state index in [2.05, 4.69) is 138 Å². The predicted octanol–water partition coefficient (Wildman–Crippen LogP) is 11.3. The topological polar surface area (TPSA) is 58.0 Å². The third kappa shape index (κ3) is 8.64. The van der Waals surface area contributed by atoms with Crippen molar-refractivity contribution in [2.45, 2.75) is 119 Å². The van der Waals surface area contributed by atoms with Crippen molar-refractivity contribution >= 4 is 22.4 Å². The number of nitrogens with zero attached hydrogens (tertiary/aromatic N) is 3. The van der Waals surface area contributed by atoms with Gasteiger partial charge >= 0.3 is 0 Å². The van der Waals surface area contributed by atoms with Crippen molar-refractivity contribution < 1.29 is 30.9 Å². The molecule has 2 heterocycles. The molecule has 5 rings (SSSR count). The molecule has 272 valence electrons. The Morgan fingerprint density at radius 1 is 0.780 bits per heavy atom. The molecule has 0 unspecified atom stereocenters. The van der Waals surface area contributed by atoms with E-state index < -0.39 is 0 Å². The maximum absolute atomic E-state index is 10.9. The van der Waals surface area contributed by atoms with E-state index in [-0.39, 0.29) is 49.1 Å². The molecule has 1 atom stereocenters. The third-order valence-corrected chi connectivity index (χ3v) is 9.92. The molecule has 1 aliphatic rings. The van der Waals surface area contributed by atoms with E-state index in [1.54, 1.807) is 6.07 Å². The number of amidine groups is 1. The van der Waals surface area contributed by atoms with Gasteiger partial charge in [-0.25, -0.2) is 4.98 Å². The summed E-state index contributed by atoms with van der Waals surface area (Å²) in [5, 5.41) is 11.8. The maximum Gasteiger partial charge on any atom is 0.217 e. The van der Waals surface area contributed by atoms with Crippen molar-refractivity contribution in [2.24, 2.45) is 22.7 Å². The molecule has 50 heavy (non-hydrogen) atoms. The van der Waals surface area contributed by atoms with Crippen LogP contribution in [0, 0.1) is 30.7 Å². The summed E-state index contributed by atoms with van der Waals surface area (Å²) in [6.07, 6.45) is 0. The molecule has 3 aromatic carbocycles. The molecule has 0 aliphatic carbocycles. The van der Waals surface area contributed by atoms with Crippen LogP contribution in [-0.4, -0.2) is 28.5 Å². The van der Waals surface area contributed by atoms with Gasteiger partial charge in [-0.3, -0.25) is 0 Å². The average molecular weight is 856 g/mol. The number of pyridine rings is 1. The number of benzene rings is 3. The fourth-order valence-electron chi connectivity index (χ4n) is 7.14. The van der Waals surface area contributed by atoms with E-state index >= 15 is 0 Å². The zero-order chi connectivity index (χ0) is 36.2. The van der Waals surface area contributed by atoms with Crippen LogP contribution in [0.4, 0.5) is 5.69 Å². The second-order valence-corrected chi connectivity index (χ2v) is 18.0. The van der Waals surface area contributed by atoms with Crippen LogP contribution in [0.1, 0.15) is 118 Å². The number of phenolic OH excluding ortho intramolecular Hbond substituents is 1.